The Kier molecular flexibility index (Phi) is 5.39. The standard InChI is InChI=1S/C21H22N6O2S/c1-15-2-4-16(5-3-15)20-22-18(28-24-20)12-26-7-9-27(10-8-26)13-19-23-21(25-29-19)17-6-11-30-14-17/h2-6,11,14H,7-10,12-13H2,1H3. The topological polar surface area (TPSA) is 84.3 Å². The van der Waals surface area contributed by atoms with Crippen LogP contribution in [0.15, 0.2) is 50.1 Å². The third-order valence-corrected chi connectivity index (χ3v) is 5.89. The molecular weight excluding hydrogens is 400 g/mol. The Morgan fingerprint density at radius 3 is 1.90 bits per heavy atom. The Hall–Kier alpha value is -2.88. The van der Waals surface area contributed by atoms with Crippen LogP contribution in [0.2, 0.25) is 0 Å². The van der Waals surface area contributed by atoms with Gasteiger partial charge in [-0.3, -0.25) is 9.80 Å². The fraction of sp³-hybridized carbons (Fsp3) is 0.333. The number of aryl methyl sites for hydroxylation is 1. The minimum absolute atomic E-state index is 0.640. The summed E-state index contributed by atoms with van der Waals surface area (Å²) in [5, 5.41) is 12.2. The summed E-state index contributed by atoms with van der Waals surface area (Å²) in [7, 11) is 0. The molecule has 30 heavy (non-hydrogen) atoms. The predicted octanol–water partition coefficient (Wildman–Crippen LogP) is 3.47. The van der Waals surface area contributed by atoms with E-state index >= 15 is 0 Å². The molecule has 4 aromatic rings. The molecule has 0 saturated carbocycles. The maximum atomic E-state index is 5.46. The first-order valence-electron chi connectivity index (χ1n) is 9.92. The Morgan fingerprint density at radius 1 is 0.800 bits per heavy atom. The van der Waals surface area contributed by atoms with Gasteiger partial charge in [-0.2, -0.15) is 21.3 Å². The second-order valence-electron chi connectivity index (χ2n) is 7.45. The first kappa shape index (κ1) is 19.1. The zero-order valence-electron chi connectivity index (χ0n) is 16.7. The van der Waals surface area contributed by atoms with E-state index in [-0.39, 0.29) is 0 Å². The Labute approximate surface area is 178 Å². The summed E-state index contributed by atoms with van der Waals surface area (Å²) in [5.74, 6) is 2.60. The van der Waals surface area contributed by atoms with Crippen LogP contribution in [0.5, 0.6) is 0 Å². The number of aromatic nitrogens is 4. The van der Waals surface area contributed by atoms with Gasteiger partial charge in [0.25, 0.3) is 0 Å². The van der Waals surface area contributed by atoms with Gasteiger partial charge in [-0.15, -0.1) is 0 Å². The minimum atomic E-state index is 0.640. The molecule has 8 nitrogen and oxygen atoms in total. The SMILES string of the molecule is Cc1ccc(-c2noc(CN3CCN(Cc4nc(-c5ccsc5)no4)CC3)n2)cc1. The molecule has 0 bridgehead atoms. The van der Waals surface area contributed by atoms with Crippen LogP contribution in [-0.4, -0.2) is 56.3 Å². The number of rotatable bonds is 6. The molecule has 3 aromatic heterocycles. The van der Waals surface area contributed by atoms with Crippen molar-refractivity contribution in [3.63, 3.8) is 0 Å². The second kappa shape index (κ2) is 8.47. The molecule has 0 unspecified atom stereocenters. The smallest absolute Gasteiger partial charge is 0.241 e. The Bertz CT molecular complexity index is 1080. The van der Waals surface area contributed by atoms with E-state index in [4.69, 9.17) is 9.05 Å². The number of hydrogen-bond donors (Lipinski definition) is 0. The van der Waals surface area contributed by atoms with Gasteiger partial charge in [-0.05, 0) is 18.4 Å². The molecule has 9 heteroatoms. The fourth-order valence-electron chi connectivity index (χ4n) is 3.46. The quantitative estimate of drug-likeness (QED) is 0.467. The molecule has 1 aromatic carbocycles. The molecule has 1 fully saturated rings. The van der Waals surface area contributed by atoms with E-state index in [9.17, 15) is 0 Å². The Morgan fingerprint density at radius 2 is 1.37 bits per heavy atom. The van der Waals surface area contributed by atoms with Crippen molar-refractivity contribution in [1.82, 2.24) is 30.1 Å². The van der Waals surface area contributed by atoms with E-state index in [1.807, 2.05) is 29.0 Å². The van der Waals surface area contributed by atoms with E-state index in [1.165, 1.54) is 5.56 Å². The summed E-state index contributed by atoms with van der Waals surface area (Å²) in [5.41, 5.74) is 3.19. The molecule has 0 N–H and O–H groups in total. The fourth-order valence-corrected chi connectivity index (χ4v) is 4.09. The number of hydrogen-bond acceptors (Lipinski definition) is 9. The summed E-state index contributed by atoms with van der Waals surface area (Å²) >= 11 is 1.63. The van der Waals surface area contributed by atoms with E-state index in [0.717, 1.165) is 37.3 Å². The summed E-state index contributed by atoms with van der Waals surface area (Å²) < 4.78 is 10.9. The molecule has 1 aliphatic rings. The average Bonchev–Trinajstić information content (AvgIpc) is 3.52. The molecule has 1 saturated heterocycles. The highest BCUT2D eigenvalue weighted by Crippen LogP contribution is 2.20. The van der Waals surface area contributed by atoms with Crippen molar-refractivity contribution in [2.75, 3.05) is 26.2 Å². The number of thiophene rings is 1. The molecule has 4 heterocycles. The lowest BCUT2D eigenvalue weighted by molar-refractivity contribution is 0.103. The van der Waals surface area contributed by atoms with Gasteiger partial charge in [0.15, 0.2) is 0 Å². The van der Waals surface area contributed by atoms with Crippen LogP contribution >= 0.6 is 11.3 Å². The molecule has 1 aliphatic heterocycles. The predicted molar refractivity (Wildman–Crippen MR) is 113 cm³/mol. The average molecular weight is 423 g/mol. The highest BCUT2D eigenvalue weighted by Gasteiger charge is 2.21. The van der Waals surface area contributed by atoms with E-state index in [0.29, 0.717) is 36.5 Å². The van der Waals surface area contributed by atoms with Gasteiger partial charge in [0, 0.05) is 42.7 Å². The number of nitrogens with zero attached hydrogens (tertiary/aromatic N) is 6. The van der Waals surface area contributed by atoms with Crippen molar-refractivity contribution in [3.8, 4) is 22.8 Å². The molecule has 0 aliphatic carbocycles. The summed E-state index contributed by atoms with van der Waals surface area (Å²) in [6, 6.07) is 10.1. The van der Waals surface area contributed by atoms with Crippen LogP contribution in [0, 0.1) is 6.92 Å². The van der Waals surface area contributed by atoms with Gasteiger partial charge < -0.3 is 9.05 Å². The highest BCUT2D eigenvalue weighted by atomic mass is 32.1. The maximum absolute atomic E-state index is 5.46. The minimum Gasteiger partial charge on any atom is -0.338 e. The lowest BCUT2D eigenvalue weighted by Gasteiger charge is -2.32. The van der Waals surface area contributed by atoms with Crippen LogP contribution in [0.25, 0.3) is 22.8 Å². The normalized spacial score (nSPS) is 15.6. The number of piperazine rings is 1. The van der Waals surface area contributed by atoms with Gasteiger partial charge in [-0.25, -0.2) is 0 Å². The molecule has 0 radical (unpaired) electrons. The lowest BCUT2D eigenvalue weighted by atomic mass is 10.1. The van der Waals surface area contributed by atoms with Crippen molar-refractivity contribution in [3.05, 3.63) is 58.4 Å². The van der Waals surface area contributed by atoms with Gasteiger partial charge in [0.2, 0.25) is 23.4 Å². The van der Waals surface area contributed by atoms with Crippen molar-refractivity contribution < 1.29 is 9.05 Å². The zero-order valence-corrected chi connectivity index (χ0v) is 17.5. The monoisotopic (exact) mass is 422 g/mol. The Balaban J connectivity index is 1.13. The third kappa shape index (κ3) is 4.33. The highest BCUT2D eigenvalue weighted by molar-refractivity contribution is 7.08. The molecular formula is C21H22N6O2S. The first-order chi connectivity index (χ1) is 14.7. The lowest BCUT2D eigenvalue weighted by Crippen LogP contribution is -2.45. The number of benzene rings is 1. The van der Waals surface area contributed by atoms with Crippen molar-refractivity contribution in [2.24, 2.45) is 0 Å². The van der Waals surface area contributed by atoms with Crippen molar-refractivity contribution >= 4 is 11.3 Å². The van der Waals surface area contributed by atoms with Crippen molar-refractivity contribution in [2.45, 2.75) is 20.0 Å². The molecule has 5 rings (SSSR count). The van der Waals surface area contributed by atoms with E-state index < -0.39 is 0 Å². The zero-order chi connectivity index (χ0) is 20.3. The van der Waals surface area contributed by atoms with Crippen LogP contribution < -0.4 is 0 Å². The van der Waals surface area contributed by atoms with Gasteiger partial charge in [-0.1, -0.05) is 40.1 Å². The maximum Gasteiger partial charge on any atom is 0.241 e. The van der Waals surface area contributed by atoms with E-state index in [2.05, 4.69) is 49.1 Å². The van der Waals surface area contributed by atoms with E-state index in [1.54, 1.807) is 11.3 Å². The van der Waals surface area contributed by atoms with Crippen molar-refractivity contribution in [1.29, 1.82) is 0 Å². The second-order valence-corrected chi connectivity index (χ2v) is 8.23. The summed E-state index contributed by atoms with van der Waals surface area (Å²) in [6.45, 7) is 7.09. The largest absolute Gasteiger partial charge is 0.338 e. The first-order valence-corrected chi connectivity index (χ1v) is 10.9. The van der Waals surface area contributed by atoms with Gasteiger partial charge in [0.1, 0.15) is 0 Å². The van der Waals surface area contributed by atoms with Gasteiger partial charge >= 0.3 is 0 Å². The third-order valence-electron chi connectivity index (χ3n) is 5.21. The summed E-state index contributed by atoms with van der Waals surface area (Å²) in [6.07, 6.45) is 0. The molecule has 0 amide bonds. The van der Waals surface area contributed by atoms with Crippen LogP contribution in [0.1, 0.15) is 17.3 Å². The molecule has 0 atom stereocenters. The van der Waals surface area contributed by atoms with Gasteiger partial charge in [0.05, 0.1) is 13.1 Å². The van der Waals surface area contributed by atoms with Crippen LogP contribution in [-0.2, 0) is 13.1 Å². The molecule has 0 spiro atoms. The van der Waals surface area contributed by atoms with Crippen LogP contribution in [0.3, 0.4) is 0 Å². The summed E-state index contributed by atoms with van der Waals surface area (Å²) in [4.78, 5) is 13.7. The van der Waals surface area contributed by atoms with Crippen LogP contribution in [0.4, 0.5) is 0 Å². The molecule has 154 valence electrons.